The first-order valence-electron chi connectivity index (χ1n) is 5.81. The summed E-state index contributed by atoms with van der Waals surface area (Å²) in [6.45, 7) is 4.48. The first-order valence-corrected chi connectivity index (χ1v) is 6.89. The van der Waals surface area contributed by atoms with Gasteiger partial charge in [-0.25, -0.2) is 0 Å². The fourth-order valence-corrected chi connectivity index (χ4v) is 2.42. The molecule has 0 bridgehead atoms. The smallest absolute Gasteiger partial charge is 0.236 e. The van der Waals surface area contributed by atoms with Crippen molar-refractivity contribution in [3.63, 3.8) is 0 Å². The van der Waals surface area contributed by atoms with Gasteiger partial charge in [-0.1, -0.05) is 12.1 Å². The van der Waals surface area contributed by atoms with E-state index >= 15 is 0 Å². The van der Waals surface area contributed by atoms with E-state index in [0.717, 1.165) is 13.1 Å². The molecule has 3 nitrogen and oxygen atoms in total. The molecule has 0 N–H and O–H groups in total. The molecule has 0 aliphatic carbocycles. The lowest BCUT2D eigenvalue weighted by Gasteiger charge is -2.36. The summed E-state index contributed by atoms with van der Waals surface area (Å²) in [5.41, 5.74) is 1.28. The Morgan fingerprint density at radius 3 is 2.47 bits per heavy atom. The zero-order valence-electron chi connectivity index (χ0n) is 10.2. The quantitative estimate of drug-likeness (QED) is 0.768. The van der Waals surface area contributed by atoms with Crippen LogP contribution in [-0.4, -0.2) is 42.4 Å². The van der Waals surface area contributed by atoms with Crippen LogP contribution in [0, 0.1) is 3.57 Å². The molecule has 1 aliphatic rings. The van der Waals surface area contributed by atoms with Crippen LogP contribution in [-0.2, 0) is 4.79 Å². The molecule has 0 aromatic heterocycles. The summed E-state index contributed by atoms with van der Waals surface area (Å²) in [5, 5.41) is 0. The van der Waals surface area contributed by atoms with E-state index in [-0.39, 0.29) is 5.91 Å². The van der Waals surface area contributed by atoms with Crippen molar-refractivity contribution in [2.45, 2.75) is 13.0 Å². The number of likely N-dealkylation sites (N-methyl/N-ethyl adjacent to an activating group) is 1. The van der Waals surface area contributed by atoms with Crippen LogP contribution in [0.25, 0.3) is 0 Å². The zero-order chi connectivity index (χ0) is 12.4. The maximum Gasteiger partial charge on any atom is 0.236 e. The Bertz CT molecular complexity index is 404. The second-order valence-corrected chi connectivity index (χ2v) is 5.76. The summed E-state index contributed by atoms with van der Waals surface area (Å²) in [4.78, 5) is 15.7. The number of nitrogens with zero attached hydrogens (tertiary/aromatic N) is 2. The van der Waals surface area contributed by atoms with Crippen LogP contribution >= 0.6 is 22.6 Å². The number of carbonyl (C=O) groups excluding carboxylic acids is 1. The third-order valence-electron chi connectivity index (χ3n) is 3.39. The molecule has 1 aliphatic heterocycles. The van der Waals surface area contributed by atoms with Crippen LogP contribution in [0.4, 0.5) is 0 Å². The fraction of sp³-hybridized carbons (Fsp3) is 0.462. The third-order valence-corrected chi connectivity index (χ3v) is 4.11. The molecular weight excluding hydrogens is 327 g/mol. The molecule has 17 heavy (non-hydrogen) atoms. The standard InChI is InChI=1S/C13H17IN2O/c1-10(11-3-5-12(14)6-4-11)16-8-7-15(2)13(17)9-16/h3-6,10H,7-9H2,1-2H3/t10-/m0/s1. The van der Waals surface area contributed by atoms with E-state index in [0.29, 0.717) is 12.6 Å². The molecule has 1 saturated heterocycles. The molecule has 1 amide bonds. The maximum absolute atomic E-state index is 11.7. The molecule has 1 heterocycles. The minimum Gasteiger partial charge on any atom is -0.343 e. The number of carbonyl (C=O) groups is 1. The van der Waals surface area contributed by atoms with Crippen molar-refractivity contribution in [2.75, 3.05) is 26.7 Å². The van der Waals surface area contributed by atoms with E-state index in [9.17, 15) is 4.79 Å². The highest BCUT2D eigenvalue weighted by Crippen LogP contribution is 2.22. The average molecular weight is 344 g/mol. The number of hydrogen-bond acceptors (Lipinski definition) is 2. The molecule has 0 radical (unpaired) electrons. The van der Waals surface area contributed by atoms with E-state index in [1.54, 1.807) is 4.90 Å². The molecule has 2 rings (SSSR count). The predicted molar refractivity (Wildman–Crippen MR) is 76.8 cm³/mol. The highest BCUT2D eigenvalue weighted by molar-refractivity contribution is 14.1. The molecule has 1 atom stereocenters. The number of hydrogen-bond donors (Lipinski definition) is 0. The molecule has 4 heteroatoms. The lowest BCUT2D eigenvalue weighted by Crippen LogP contribution is -2.49. The van der Waals surface area contributed by atoms with Crippen LogP contribution in [0.3, 0.4) is 0 Å². The Morgan fingerprint density at radius 2 is 1.88 bits per heavy atom. The molecule has 0 spiro atoms. The number of amides is 1. The molecular formula is C13H17IN2O. The van der Waals surface area contributed by atoms with Crippen molar-refractivity contribution >= 4 is 28.5 Å². The van der Waals surface area contributed by atoms with Crippen molar-refractivity contribution in [3.05, 3.63) is 33.4 Å². The largest absolute Gasteiger partial charge is 0.343 e. The summed E-state index contributed by atoms with van der Waals surface area (Å²) in [7, 11) is 1.87. The normalized spacial score (nSPS) is 19.5. The Balaban J connectivity index is 2.07. The zero-order valence-corrected chi connectivity index (χ0v) is 12.3. The maximum atomic E-state index is 11.7. The van der Waals surface area contributed by atoms with Crippen molar-refractivity contribution in [1.29, 1.82) is 0 Å². The predicted octanol–water partition coefficient (Wildman–Crippen LogP) is 2.13. The Hall–Kier alpha value is -0.620. The second kappa shape index (κ2) is 5.35. The van der Waals surface area contributed by atoms with Gasteiger partial charge in [0, 0.05) is 29.7 Å². The van der Waals surface area contributed by atoms with Gasteiger partial charge in [-0.05, 0) is 47.2 Å². The van der Waals surface area contributed by atoms with Crippen LogP contribution in [0.1, 0.15) is 18.5 Å². The average Bonchev–Trinajstić information content (AvgIpc) is 2.33. The van der Waals surface area contributed by atoms with Gasteiger partial charge < -0.3 is 4.90 Å². The summed E-state index contributed by atoms with van der Waals surface area (Å²) in [6.07, 6.45) is 0. The minimum absolute atomic E-state index is 0.216. The fourth-order valence-electron chi connectivity index (χ4n) is 2.06. The number of halogens is 1. The molecule has 92 valence electrons. The summed E-state index contributed by atoms with van der Waals surface area (Å²) >= 11 is 2.31. The van der Waals surface area contributed by atoms with Crippen LogP contribution in [0.2, 0.25) is 0 Å². The molecule has 0 unspecified atom stereocenters. The third kappa shape index (κ3) is 2.98. The van der Waals surface area contributed by atoms with Gasteiger partial charge in [-0.3, -0.25) is 9.69 Å². The van der Waals surface area contributed by atoms with Gasteiger partial charge in [0.05, 0.1) is 6.54 Å². The molecule has 1 aromatic rings. The van der Waals surface area contributed by atoms with Gasteiger partial charge in [0.2, 0.25) is 5.91 Å². The van der Waals surface area contributed by atoms with Crippen molar-refractivity contribution < 1.29 is 4.79 Å². The van der Waals surface area contributed by atoms with Gasteiger partial charge in [0.25, 0.3) is 0 Å². The van der Waals surface area contributed by atoms with Gasteiger partial charge in [0.1, 0.15) is 0 Å². The Kier molecular flexibility index (Phi) is 4.04. The van der Waals surface area contributed by atoms with Crippen LogP contribution < -0.4 is 0 Å². The monoisotopic (exact) mass is 344 g/mol. The van der Waals surface area contributed by atoms with E-state index in [1.807, 2.05) is 7.05 Å². The van der Waals surface area contributed by atoms with E-state index in [4.69, 9.17) is 0 Å². The number of rotatable bonds is 2. The first kappa shape index (κ1) is 12.8. The topological polar surface area (TPSA) is 23.6 Å². The van der Waals surface area contributed by atoms with Gasteiger partial charge in [-0.2, -0.15) is 0 Å². The van der Waals surface area contributed by atoms with Gasteiger partial charge >= 0.3 is 0 Å². The SMILES string of the molecule is C[C@@H](c1ccc(I)cc1)N1CCN(C)C(=O)C1. The molecule has 0 saturated carbocycles. The molecule has 1 fully saturated rings. The number of piperazine rings is 1. The summed E-state index contributed by atoms with van der Waals surface area (Å²) < 4.78 is 1.24. The summed E-state index contributed by atoms with van der Waals surface area (Å²) in [6, 6.07) is 8.84. The summed E-state index contributed by atoms with van der Waals surface area (Å²) in [5.74, 6) is 0.216. The van der Waals surface area contributed by atoms with Crippen molar-refractivity contribution in [1.82, 2.24) is 9.80 Å². The highest BCUT2D eigenvalue weighted by atomic mass is 127. The Labute approximate surface area is 116 Å². The van der Waals surface area contributed by atoms with Crippen LogP contribution in [0.5, 0.6) is 0 Å². The minimum atomic E-state index is 0.216. The first-order chi connectivity index (χ1) is 8.08. The van der Waals surface area contributed by atoms with Gasteiger partial charge in [-0.15, -0.1) is 0 Å². The Morgan fingerprint density at radius 1 is 1.24 bits per heavy atom. The lowest BCUT2D eigenvalue weighted by atomic mass is 10.1. The van der Waals surface area contributed by atoms with Gasteiger partial charge in [0.15, 0.2) is 0 Å². The van der Waals surface area contributed by atoms with Crippen molar-refractivity contribution in [2.24, 2.45) is 0 Å². The van der Waals surface area contributed by atoms with E-state index in [2.05, 4.69) is 58.7 Å². The second-order valence-electron chi connectivity index (χ2n) is 4.51. The lowest BCUT2D eigenvalue weighted by molar-refractivity contribution is -0.135. The van der Waals surface area contributed by atoms with E-state index < -0.39 is 0 Å². The highest BCUT2D eigenvalue weighted by Gasteiger charge is 2.25. The molecule has 1 aromatic carbocycles. The van der Waals surface area contributed by atoms with E-state index in [1.165, 1.54) is 9.13 Å². The van der Waals surface area contributed by atoms with Crippen molar-refractivity contribution in [3.8, 4) is 0 Å². The number of benzene rings is 1. The van der Waals surface area contributed by atoms with Crippen LogP contribution in [0.15, 0.2) is 24.3 Å².